The smallest absolute Gasteiger partial charge is 0.226 e. The van der Waals surface area contributed by atoms with Crippen LogP contribution >= 0.6 is 0 Å². The quantitative estimate of drug-likeness (QED) is 0.835. The Kier molecular flexibility index (Phi) is 6.62. The van der Waals surface area contributed by atoms with Crippen molar-refractivity contribution in [2.45, 2.75) is 19.8 Å². The van der Waals surface area contributed by atoms with Crippen molar-refractivity contribution in [1.29, 1.82) is 0 Å². The maximum absolute atomic E-state index is 13.6. The van der Waals surface area contributed by atoms with Crippen molar-refractivity contribution in [2.24, 2.45) is 0 Å². The van der Waals surface area contributed by atoms with E-state index in [1.165, 1.54) is 36.1 Å². The van der Waals surface area contributed by atoms with Crippen molar-refractivity contribution >= 4 is 17.5 Å². The molecule has 0 saturated carbocycles. The highest BCUT2D eigenvalue weighted by molar-refractivity contribution is 5.91. The highest BCUT2D eigenvalue weighted by Gasteiger charge is 2.13. The van der Waals surface area contributed by atoms with Crippen molar-refractivity contribution in [3.8, 4) is 0 Å². The van der Waals surface area contributed by atoms with Gasteiger partial charge in [-0.2, -0.15) is 0 Å². The van der Waals surface area contributed by atoms with Gasteiger partial charge in [-0.25, -0.2) is 8.78 Å². The summed E-state index contributed by atoms with van der Waals surface area (Å²) in [6, 6.07) is 12.3. The summed E-state index contributed by atoms with van der Waals surface area (Å²) in [5.41, 5.74) is 0.623. The largest absolute Gasteiger partial charge is 0.342 e. The van der Waals surface area contributed by atoms with Crippen LogP contribution < -0.4 is 5.32 Å². The van der Waals surface area contributed by atoms with Gasteiger partial charge in [0.1, 0.15) is 11.6 Å². The van der Waals surface area contributed by atoms with Crippen LogP contribution in [0.4, 0.5) is 14.5 Å². The number of nitrogens with one attached hydrogen (secondary N) is 1. The van der Waals surface area contributed by atoms with Crippen molar-refractivity contribution in [3.05, 3.63) is 65.7 Å². The molecule has 132 valence electrons. The molecule has 0 aliphatic heterocycles. The lowest BCUT2D eigenvalue weighted by atomic mass is 10.1. The molecule has 0 aliphatic rings. The third-order valence-electron chi connectivity index (χ3n) is 3.81. The molecular weight excluding hydrogens is 326 g/mol. The summed E-state index contributed by atoms with van der Waals surface area (Å²) in [6.07, 6.45) is 0.395. The minimum Gasteiger partial charge on any atom is -0.342 e. The van der Waals surface area contributed by atoms with Gasteiger partial charge < -0.3 is 10.2 Å². The zero-order valence-electron chi connectivity index (χ0n) is 14.0. The first-order chi connectivity index (χ1) is 12.0. The first-order valence-corrected chi connectivity index (χ1v) is 8.00. The van der Waals surface area contributed by atoms with E-state index >= 15 is 0 Å². The van der Waals surface area contributed by atoms with Gasteiger partial charge in [0.25, 0.3) is 0 Å². The van der Waals surface area contributed by atoms with Gasteiger partial charge in [0.05, 0.1) is 5.69 Å². The van der Waals surface area contributed by atoms with Gasteiger partial charge in [0, 0.05) is 26.4 Å². The SMILES string of the molecule is CC(=O)N(CCC(=O)Nc1ccccc1F)CCc1ccccc1F. The lowest BCUT2D eigenvalue weighted by molar-refractivity contribution is -0.129. The van der Waals surface area contributed by atoms with Crippen LogP contribution in [0.5, 0.6) is 0 Å². The van der Waals surface area contributed by atoms with Gasteiger partial charge in [-0.3, -0.25) is 9.59 Å². The maximum Gasteiger partial charge on any atom is 0.226 e. The Bertz CT molecular complexity index is 750. The fourth-order valence-electron chi connectivity index (χ4n) is 2.40. The van der Waals surface area contributed by atoms with Gasteiger partial charge in [0.15, 0.2) is 0 Å². The number of hydrogen-bond acceptors (Lipinski definition) is 2. The summed E-state index contributed by atoms with van der Waals surface area (Å²) in [7, 11) is 0. The molecular formula is C19H20F2N2O2. The van der Waals surface area contributed by atoms with E-state index in [-0.39, 0.29) is 36.3 Å². The molecule has 2 rings (SSSR count). The molecule has 0 spiro atoms. The number of amides is 2. The highest BCUT2D eigenvalue weighted by atomic mass is 19.1. The van der Waals surface area contributed by atoms with Gasteiger partial charge in [-0.05, 0) is 30.2 Å². The number of rotatable bonds is 7. The molecule has 2 aromatic carbocycles. The molecule has 0 aromatic heterocycles. The molecule has 0 aliphatic carbocycles. The van der Waals surface area contributed by atoms with E-state index in [2.05, 4.69) is 5.32 Å². The van der Waals surface area contributed by atoms with Crippen LogP contribution in [0.15, 0.2) is 48.5 Å². The molecule has 0 fully saturated rings. The molecule has 0 radical (unpaired) electrons. The summed E-state index contributed by atoms with van der Waals surface area (Å²) in [6.45, 7) is 1.89. The molecule has 1 N–H and O–H groups in total. The zero-order chi connectivity index (χ0) is 18.2. The van der Waals surface area contributed by atoms with Crippen LogP contribution in [0, 0.1) is 11.6 Å². The van der Waals surface area contributed by atoms with Crippen LogP contribution in [0.2, 0.25) is 0 Å². The second-order valence-corrected chi connectivity index (χ2v) is 5.63. The van der Waals surface area contributed by atoms with Gasteiger partial charge in [-0.1, -0.05) is 30.3 Å². The molecule has 25 heavy (non-hydrogen) atoms. The van der Waals surface area contributed by atoms with Crippen molar-refractivity contribution in [1.82, 2.24) is 4.90 Å². The van der Waals surface area contributed by atoms with E-state index in [1.807, 2.05) is 0 Å². The number of para-hydroxylation sites is 1. The van der Waals surface area contributed by atoms with E-state index < -0.39 is 5.82 Å². The molecule has 0 atom stereocenters. The molecule has 6 heteroatoms. The number of carbonyl (C=O) groups excluding carboxylic acids is 2. The number of nitrogens with zero attached hydrogens (tertiary/aromatic N) is 1. The standard InChI is InChI=1S/C19H20F2N2O2/c1-14(24)23(12-10-15-6-2-3-7-16(15)20)13-11-19(25)22-18-9-5-4-8-17(18)21/h2-9H,10-13H2,1H3,(H,22,25). The summed E-state index contributed by atoms with van der Waals surface area (Å²) in [4.78, 5) is 25.1. The van der Waals surface area contributed by atoms with E-state index in [9.17, 15) is 18.4 Å². The Morgan fingerprint density at radius 3 is 2.24 bits per heavy atom. The molecule has 2 amide bonds. The maximum atomic E-state index is 13.6. The Hall–Kier alpha value is -2.76. The van der Waals surface area contributed by atoms with Crippen LogP contribution in [-0.2, 0) is 16.0 Å². The van der Waals surface area contributed by atoms with Crippen LogP contribution in [-0.4, -0.2) is 29.8 Å². The summed E-state index contributed by atoms with van der Waals surface area (Å²) in [5.74, 6) is -1.42. The zero-order valence-corrected chi connectivity index (χ0v) is 14.0. The van der Waals surface area contributed by atoms with Crippen molar-refractivity contribution in [2.75, 3.05) is 18.4 Å². The second-order valence-electron chi connectivity index (χ2n) is 5.63. The molecule has 0 saturated heterocycles. The number of benzene rings is 2. The second kappa shape index (κ2) is 8.92. The summed E-state index contributed by atoms with van der Waals surface area (Å²) < 4.78 is 27.1. The van der Waals surface area contributed by atoms with Gasteiger partial charge >= 0.3 is 0 Å². The predicted molar refractivity (Wildman–Crippen MR) is 92.0 cm³/mol. The minimum atomic E-state index is -0.515. The third kappa shape index (κ3) is 5.67. The number of carbonyl (C=O) groups is 2. The Morgan fingerprint density at radius 2 is 1.60 bits per heavy atom. The monoisotopic (exact) mass is 346 g/mol. The number of anilines is 1. The predicted octanol–water partition coefficient (Wildman–Crippen LogP) is 3.38. The molecule has 0 heterocycles. The average Bonchev–Trinajstić information content (AvgIpc) is 2.58. The molecule has 2 aromatic rings. The first kappa shape index (κ1) is 18.6. The van der Waals surface area contributed by atoms with Gasteiger partial charge in [0.2, 0.25) is 11.8 Å². The number of hydrogen-bond donors (Lipinski definition) is 1. The lowest BCUT2D eigenvalue weighted by Crippen LogP contribution is -2.34. The average molecular weight is 346 g/mol. The molecule has 0 bridgehead atoms. The summed E-state index contributed by atoms with van der Waals surface area (Å²) >= 11 is 0. The van der Waals surface area contributed by atoms with Crippen LogP contribution in [0.25, 0.3) is 0 Å². The van der Waals surface area contributed by atoms with Crippen LogP contribution in [0.1, 0.15) is 18.9 Å². The molecule has 0 unspecified atom stereocenters. The van der Waals surface area contributed by atoms with E-state index in [4.69, 9.17) is 0 Å². The minimum absolute atomic E-state index is 0.0329. The third-order valence-corrected chi connectivity index (χ3v) is 3.81. The van der Waals surface area contributed by atoms with Gasteiger partial charge in [-0.15, -0.1) is 0 Å². The lowest BCUT2D eigenvalue weighted by Gasteiger charge is -2.21. The Morgan fingerprint density at radius 1 is 0.960 bits per heavy atom. The molecule has 4 nitrogen and oxygen atoms in total. The van der Waals surface area contributed by atoms with Crippen molar-refractivity contribution < 1.29 is 18.4 Å². The van der Waals surface area contributed by atoms with E-state index in [1.54, 1.807) is 24.3 Å². The Labute approximate surface area is 145 Å². The number of halogens is 2. The van der Waals surface area contributed by atoms with E-state index in [0.717, 1.165) is 0 Å². The topological polar surface area (TPSA) is 49.4 Å². The van der Waals surface area contributed by atoms with E-state index in [0.29, 0.717) is 18.5 Å². The fourth-order valence-corrected chi connectivity index (χ4v) is 2.40. The summed E-state index contributed by atoms with van der Waals surface area (Å²) in [5, 5.41) is 2.48. The first-order valence-electron chi connectivity index (χ1n) is 8.00. The Balaban J connectivity index is 1.87. The van der Waals surface area contributed by atoms with Crippen molar-refractivity contribution in [3.63, 3.8) is 0 Å². The normalized spacial score (nSPS) is 10.4. The highest BCUT2D eigenvalue weighted by Crippen LogP contribution is 2.13. The fraction of sp³-hybridized carbons (Fsp3) is 0.263. The van der Waals surface area contributed by atoms with Crippen LogP contribution in [0.3, 0.4) is 0 Å².